The molecule has 152 valence electrons. The van der Waals surface area contributed by atoms with Crippen molar-refractivity contribution in [2.45, 2.75) is 42.7 Å². The molecule has 8 heteroatoms. The lowest BCUT2D eigenvalue weighted by Crippen LogP contribution is -2.36. The first-order valence-corrected chi connectivity index (χ1v) is 11.5. The molecule has 1 aromatic carbocycles. The quantitative estimate of drug-likeness (QED) is 0.554. The Morgan fingerprint density at radius 3 is 2.90 bits per heavy atom. The zero-order chi connectivity index (χ0) is 20.1. The fraction of sp³-hybridized carbons (Fsp3) is 0.381. The van der Waals surface area contributed by atoms with Crippen molar-refractivity contribution in [3.8, 4) is 5.69 Å². The second-order valence-electron chi connectivity index (χ2n) is 6.97. The first-order valence-electron chi connectivity index (χ1n) is 9.79. The molecule has 0 saturated carbocycles. The molecule has 2 aromatic heterocycles. The maximum Gasteiger partial charge on any atom is 0.233 e. The molecule has 0 radical (unpaired) electrons. The van der Waals surface area contributed by atoms with Crippen LogP contribution in [-0.4, -0.2) is 45.2 Å². The number of rotatable bonds is 8. The largest absolute Gasteiger partial charge is 0.376 e. The van der Waals surface area contributed by atoms with Gasteiger partial charge in [-0.2, -0.15) is 0 Å². The number of thiophene rings is 1. The summed E-state index contributed by atoms with van der Waals surface area (Å²) >= 11 is 3.13. The van der Waals surface area contributed by atoms with Crippen molar-refractivity contribution in [1.82, 2.24) is 20.1 Å². The van der Waals surface area contributed by atoms with Gasteiger partial charge < -0.3 is 10.1 Å². The van der Waals surface area contributed by atoms with Crippen LogP contribution in [0.15, 0.2) is 53.0 Å². The van der Waals surface area contributed by atoms with E-state index in [-0.39, 0.29) is 17.3 Å². The van der Waals surface area contributed by atoms with Gasteiger partial charge in [0.15, 0.2) is 5.16 Å². The summed E-state index contributed by atoms with van der Waals surface area (Å²) in [5.74, 6) is 0.862. The van der Waals surface area contributed by atoms with Gasteiger partial charge in [0.05, 0.1) is 11.4 Å². The highest BCUT2D eigenvalue weighted by Gasteiger charge is 2.23. The van der Waals surface area contributed by atoms with Gasteiger partial charge in [-0.25, -0.2) is 0 Å². The van der Waals surface area contributed by atoms with Gasteiger partial charge >= 0.3 is 0 Å². The monoisotopic (exact) mass is 428 g/mol. The Morgan fingerprint density at radius 2 is 2.17 bits per heavy atom. The summed E-state index contributed by atoms with van der Waals surface area (Å²) < 4.78 is 7.63. The minimum atomic E-state index is -0.280. The summed E-state index contributed by atoms with van der Waals surface area (Å²) in [4.78, 5) is 13.8. The van der Waals surface area contributed by atoms with Crippen molar-refractivity contribution in [1.29, 1.82) is 0 Å². The molecule has 1 saturated heterocycles. The first-order chi connectivity index (χ1) is 14.2. The number of ether oxygens (including phenoxy) is 1. The standard InChI is InChI=1S/C21H24N4O2S2/c1-15(20(26)22-14-17-9-5-11-27-17)29-21-24-23-19(13-18-10-6-12-28-18)25(21)16-7-3-2-4-8-16/h2-4,6-8,10,12,15,17H,5,9,11,13-14H2,1H3,(H,22,26)/t15-,17-/m0/s1. The summed E-state index contributed by atoms with van der Waals surface area (Å²) in [5.41, 5.74) is 0.999. The molecule has 4 rings (SSSR count). The van der Waals surface area contributed by atoms with Crippen LogP contribution in [-0.2, 0) is 16.0 Å². The van der Waals surface area contributed by atoms with Crippen LogP contribution >= 0.6 is 23.1 Å². The SMILES string of the molecule is C[C@H](Sc1nnc(Cc2cccs2)n1-c1ccccc1)C(=O)NC[C@@H]1CCCO1. The Balaban J connectivity index is 1.50. The average Bonchev–Trinajstić information content (AvgIpc) is 3.50. The smallest absolute Gasteiger partial charge is 0.233 e. The zero-order valence-electron chi connectivity index (χ0n) is 16.3. The third-order valence-corrected chi connectivity index (χ3v) is 6.73. The summed E-state index contributed by atoms with van der Waals surface area (Å²) in [6.45, 7) is 3.26. The molecule has 29 heavy (non-hydrogen) atoms. The van der Waals surface area contributed by atoms with Crippen LogP contribution < -0.4 is 5.32 Å². The maximum absolute atomic E-state index is 12.6. The number of para-hydroxylation sites is 1. The highest BCUT2D eigenvalue weighted by molar-refractivity contribution is 8.00. The van der Waals surface area contributed by atoms with Crippen LogP contribution in [0.4, 0.5) is 0 Å². The number of nitrogens with one attached hydrogen (secondary N) is 1. The molecule has 1 aliphatic heterocycles. The molecular formula is C21H24N4O2S2. The van der Waals surface area contributed by atoms with Crippen molar-refractivity contribution in [3.63, 3.8) is 0 Å². The molecule has 2 atom stereocenters. The van der Waals surface area contributed by atoms with Gasteiger partial charge in [0, 0.05) is 30.1 Å². The number of carbonyl (C=O) groups excluding carboxylic acids is 1. The Labute approximate surface area is 178 Å². The minimum Gasteiger partial charge on any atom is -0.376 e. The summed E-state index contributed by atoms with van der Waals surface area (Å²) in [7, 11) is 0. The van der Waals surface area contributed by atoms with Gasteiger partial charge in [-0.15, -0.1) is 21.5 Å². The number of amides is 1. The van der Waals surface area contributed by atoms with Crippen molar-refractivity contribution < 1.29 is 9.53 Å². The second-order valence-corrected chi connectivity index (χ2v) is 9.31. The third-order valence-electron chi connectivity index (χ3n) is 4.81. The van der Waals surface area contributed by atoms with E-state index in [4.69, 9.17) is 4.74 Å². The number of aromatic nitrogens is 3. The van der Waals surface area contributed by atoms with E-state index in [0.717, 1.165) is 36.1 Å². The van der Waals surface area contributed by atoms with Gasteiger partial charge in [-0.3, -0.25) is 9.36 Å². The number of nitrogens with zero attached hydrogens (tertiary/aromatic N) is 3. The summed E-state index contributed by atoms with van der Waals surface area (Å²) in [6.07, 6.45) is 2.93. The molecule has 6 nitrogen and oxygen atoms in total. The molecule has 1 aliphatic rings. The van der Waals surface area contributed by atoms with Crippen LogP contribution in [0.1, 0.15) is 30.5 Å². The molecular weight excluding hydrogens is 404 g/mol. The predicted molar refractivity (Wildman–Crippen MR) is 116 cm³/mol. The Bertz CT molecular complexity index is 922. The van der Waals surface area contributed by atoms with Crippen molar-refractivity contribution in [3.05, 3.63) is 58.5 Å². The number of benzene rings is 1. The minimum absolute atomic E-state index is 0.00656. The van der Waals surface area contributed by atoms with Crippen LogP contribution in [0.25, 0.3) is 5.69 Å². The molecule has 1 N–H and O–H groups in total. The third kappa shape index (κ3) is 5.07. The van der Waals surface area contributed by atoms with Gasteiger partial charge in [-0.1, -0.05) is 36.0 Å². The van der Waals surface area contributed by atoms with Gasteiger partial charge in [-0.05, 0) is 43.3 Å². The topological polar surface area (TPSA) is 69.0 Å². The lowest BCUT2D eigenvalue weighted by molar-refractivity contribution is -0.120. The molecule has 0 spiro atoms. The molecule has 0 aliphatic carbocycles. The van der Waals surface area contributed by atoms with Gasteiger partial charge in [0.1, 0.15) is 5.82 Å². The fourth-order valence-electron chi connectivity index (χ4n) is 3.27. The van der Waals surface area contributed by atoms with Crippen molar-refractivity contribution in [2.75, 3.05) is 13.2 Å². The van der Waals surface area contributed by atoms with E-state index in [1.54, 1.807) is 11.3 Å². The Morgan fingerprint density at radius 1 is 1.31 bits per heavy atom. The van der Waals surface area contributed by atoms with Crippen molar-refractivity contribution >= 4 is 29.0 Å². The normalized spacial score (nSPS) is 17.3. The van der Waals surface area contributed by atoms with E-state index in [0.29, 0.717) is 13.0 Å². The van der Waals surface area contributed by atoms with E-state index in [1.165, 1.54) is 16.6 Å². The van der Waals surface area contributed by atoms with E-state index < -0.39 is 0 Å². The predicted octanol–water partition coefficient (Wildman–Crippen LogP) is 3.70. The lowest BCUT2D eigenvalue weighted by atomic mass is 10.2. The van der Waals surface area contributed by atoms with Crippen LogP contribution in [0.3, 0.4) is 0 Å². The first kappa shape index (κ1) is 20.1. The average molecular weight is 429 g/mol. The van der Waals surface area contributed by atoms with E-state index in [1.807, 2.05) is 47.9 Å². The molecule has 3 heterocycles. The zero-order valence-corrected chi connectivity index (χ0v) is 17.9. The van der Waals surface area contributed by atoms with Crippen LogP contribution in [0.5, 0.6) is 0 Å². The highest BCUT2D eigenvalue weighted by Crippen LogP contribution is 2.27. The second kappa shape index (κ2) is 9.56. The van der Waals surface area contributed by atoms with Gasteiger partial charge in [0.25, 0.3) is 0 Å². The highest BCUT2D eigenvalue weighted by atomic mass is 32.2. The van der Waals surface area contributed by atoms with E-state index in [2.05, 4.69) is 27.0 Å². The van der Waals surface area contributed by atoms with Crippen LogP contribution in [0, 0.1) is 0 Å². The van der Waals surface area contributed by atoms with E-state index >= 15 is 0 Å². The Kier molecular flexibility index (Phi) is 6.63. The molecule has 1 fully saturated rings. The lowest BCUT2D eigenvalue weighted by Gasteiger charge is -2.15. The summed E-state index contributed by atoms with van der Waals surface area (Å²) in [5, 5.41) is 14.4. The number of thioether (sulfide) groups is 1. The Hall–Kier alpha value is -2.16. The van der Waals surface area contributed by atoms with Gasteiger partial charge in [0.2, 0.25) is 5.91 Å². The molecule has 0 bridgehead atoms. The molecule has 0 unspecified atom stereocenters. The number of carbonyl (C=O) groups is 1. The van der Waals surface area contributed by atoms with Crippen LogP contribution in [0.2, 0.25) is 0 Å². The molecule has 1 amide bonds. The molecule has 3 aromatic rings. The summed E-state index contributed by atoms with van der Waals surface area (Å²) in [6, 6.07) is 14.2. The van der Waals surface area contributed by atoms with E-state index in [9.17, 15) is 4.79 Å². The number of hydrogen-bond donors (Lipinski definition) is 1. The fourth-order valence-corrected chi connectivity index (χ4v) is 4.88. The maximum atomic E-state index is 12.6. The number of hydrogen-bond acceptors (Lipinski definition) is 6. The van der Waals surface area contributed by atoms with Crippen molar-refractivity contribution in [2.24, 2.45) is 0 Å².